The van der Waals surface area contributed by atoms with Crippen molar-refractivity contribution in [3.63, 3.8) is 0 Å². The Balaban J connectivity index is 1.32. The van der Waals surface area contributed by atoms with E-state index in [1.54, 1.807) is 29.4 Å². The predicted molar refractivity (Wildman–Crippen MR) is 124 cm³/mol. The van der Waals surface area contributed by atoms with Crippen molar-refractivity contribution < 1.29 is 24.2 Å². The van der Waals surface area contributed by atoms with Crippen LogP contribution in [0.1, 0.15) is 23.3 Å². The van der Waals surface area contributed by atoms with Crippen molar-refractivity contribution in [2.45, 2.75) is 12.8 Å². The summed E-state index contributed by atoms with van der Waals surface area (Å²) in [6, 6.07) is 9.99. The minimum atomic E-state index is -1.13. The number of rotatable bonds is 7. The normalized spacial score (nSPS) is 14.0. The van der Waals surface area contributed by atoms with Gasteiger partial charge >= 0.3 is 5.97 Å². The van der Waals surface area contributed by atoms with Crippen molar-refractivity contribution in [3.05, 3.63) is 59.5 Å². The van der Waals surface area contributed by atoms with Gasteiger partial charge in [-0.05, 0) is 43.2 Å². The lowest BCUT2D eigenvalue weighted by Gasteiger charge is -2.30. The number of benzene rings is 1. The number of aromatic nitrogens is 3. The van der Waals surface area contributed by atoms with Gasteiger partial charge in [0.1, 0.15) is 5.75 Å². The minimum absolute atomic E-state index is 0.174. The standard InChI is InChI=1S/C23H22ClN5O5/c24-17-2-1-16(11-20(17)34-13-21(30)31)26-22(32)15-5-9-29(10-6-15)23(33)19-12-18(27-28-19)14-3-7-25-8-4-14/h1-4,7-8,11-12,15H,5-6,9-10,13H2,(H,26,32)(H,27,28)(H,30,31). The van der Waals surface area contributed by atoms with E-state index in [1.165, 1.54) is 12.1 Å². The highest BCUT2D eigenvalue weighted by molar-refractivity contribution is 6.32. The molecule has 1 saturated heterocycles. The van der Waals surface area contributed by atoms with Crippen LogP contribution >= 0.6 is 11.6 Å². The number of anilines is 1. The van der Waals surface area contributed by atoms with Crippen LogP contribution in [0.5, 0.6) is 5.75 Å². The van der Waals surface area contributed by atoms with Crippen molar-refractivity contribution in [2.75, 3.05) is 25.0 Å². The van der Waals surface area contributed by atoms with Crippen LogP contribution in [-0.2, 0) is 9.59 Å². The Hall–Kier alpha value is -3.92. The molecule has 0 atom stereocenters. The molecule has 2 amide bonds. The highest BCUT2D eigenvalue weighted by atomic mass is 35.5. The fourth-order valence-corrected chi connectivity index (χ4v) is 3.87. The monoisotopic (exact) mass is 483 g/mol. The number of likely N-dealkylation sites (tertiary alicyclic amines) is 1. The van der Waals surface area contributed by atoms with Gasteiger partial charge in [-0.15, -0.1) is 0 Å². The van der Waals surface area contributed by atoms with E-state index in [1.807, 2.05) is 12.1 Å². The molecule has 3 heterocycles. The Morgan fingerprint density at radius 1 is 1.15 bits per heavy atom. The van der Waals surface area contributed by atoms with Gasteiger partial charge in [0.2, 0.25) is 5.91 Å². The van der Waals surface area contributed by atoms with Crippen LogP contribution in [0, 0.1) is 5.92 Å². The van der Waals surface area contributed by atoms with Gasteiger partial charge in [0, 0.05) is 48.7 Å². The molecule has 34 heavy (non-hydrogen) atoms. The smallest absolute Gasteiger partial charge is 0.341 e. The largest absolute Gasteiger partial charge is 0.480 e. The first-order chi connectivity index (χ1) is 16.4. The maximum atomic E-state index is 12.9. The summed E-state index contributed by atoms with van der Waals surface area (Å²) in [7, 11) is 0. The molecule has 176 valence electrons. The molecule has 1 aromatic carbocycles. The molecule has 1 aliphatic rings. The third-order valence-electron chi connectivity index (χ3n) is 5.49. The summed E-state index contributed by atoms with van der Waals surface area (Å²) in [6.07, 6.45) is 4.35. The summed E-state index contributed by atoms with van der Waals surface area (Å²) in [6.45, 7) is 0.327. The second-order valence-electron chi connectivity index (χ2n) is 7.79. The molecule has 0 aliphatic carbocycles. The lowest BCUT2D eigenvalue weighted by atomic mass is 9.95. The number of aromatic amines is 1. The van der Waals surface area contributed by atoms with Crippen LogP contribution in [-0.4, -0.2) is 62.7 Å². The first-order valence-corrected chi connectivity index (χ1v) is 11.0. The van der Waals surface area contributed by atoms with E-state index >= 15 is 0 Å². The first-order valence-electron chi connectivity index (χ1n) is 10.6. The van der Waals surface area contributed by atoms with Crippen LogP contribution in [0.4, 0.5) is 5.69 Å². The van der Waals surface area contributed by atoms with Crippen molar-refractivity contribution in [3.8, 4) is 17.0 Å². The topological polar surface area (TPSA) is 138 Å². The summed E-state index contributed by atoms with van der Waals surface area (Å²) in [5.41, 5.74) is 2.39. The molecule has 1 fully saturated rings. The number of hydrogen-bond donors (Lipinski definition) is 3. The average Bonchev–Trinajstić information content (AvgIpc) is 3.35. The Morgan fingerprint density at radius 3 is 2.59 bits per heavy atom. The minimum Gasteiger partial charge on any atom is -0.480 e. The van der Waals surface area contributed by atoms with Crippen molar-refractivity contribution in [1.82, 2.24) is 20.1 Å². The number of ether oxygens (including phenoxy) is 1. The van der Waals surface area contributed by atoms with Crippen LogP contribution in [0.3, 0.4) is 0 Å². The third kappa shape index (κ3) is 5.52. The first kappa shape index (κ1) is 23.2. The number of carbonyl (C=O) groups is 3. The van der Waals surface area contributed by atoms with E-state index < -0.39 is 12.6 Å². The van der Waals surface area contributed by atoms with Gasteiger partial charge in [-0.2, -0.15) is 5.10 Å². The van der Waals surface area contributed by atoms with Gasteiger partial charge in [0.25, 0.3) is 5.91 Å². The van der Waals surface area contributed by atoms with E-state index in [9.17, 15) is 14.4 Å². The number of nitrogens with one attached hydrogen (secondary N) is 2. The number of carboxylic acids is 1. The molecule has 0 bridgehead atoms. The van der Waals surface area contributed by atoms with Crippen LogP contribution in [0.25, 0.3) is 11.3 Å². The summed E-state index contributed by atoms with van der Waals surface area (Å²) in [5, 5.41) is 18.8. The van der Waals surface area contributed by atoms with E-state index in [-0.39, 0.29) is 28.5 Å². The zero-order chi connectivity index (χ0) is 24.1. The number of carboxylic acid groups (broad SMARTS) is 1. The van der Waals surface area contributed by atoms with E-state index in [4.69, 9.17) is 21.4 Å². The van der Waals surface area contributed by atoms with Gasteiger partial charge in [0.05, 0.1) is 10.7 Å². The van der Waals surface area contributed by atoms with Gasteiger partial charge in [0.15, 0.2) is 12.3 Å². The number of aliphatic carboxylic acids is 1. The molecule has 3 N–H and O–H groups in total. The molecule has 4 rings (SSSR count). The number of nitrogens with zero attached hydrogens (tertiary/aromatic N) is 3. The summed E-state index contributed by atoms with van der Waals surface area (Å²) >= 11 is 6.02. The fourth-order valence-electron chi connectivity index (χ4n) is 3.69. The van der Waals surface area contributed by atoms with Gasteiger partial charge in [-0.25, -0.2) is 4.79 Å². The lowest BCUT2D eigenvalue weighted by Crippen LogP contribution is -2.41. The third-order valence-corrected chi connectivity index (χ3v) is 5.80. The Labute approximate surface area is 199 Å². The highest BCUT2D eigenvalue weighted by Gasteiger charge is 2.29. The van der Waals surface area contributed by atoms with Gasteiger partial charge < -0.3 is 20.1 Å². The highest BCUT2D eigenvalue weighted by Crippen LogP contribution is 2.29. The van der Waals surface area contributed by atoms with Crippen LogP contribution in [0.2, 0.25) is 5.02 Å². The Bertz CT molecular complexity index is 1190. The Kier molecular flexibility index (Phi) is 7.07. The quantitative estimate of drug-likeness (QED) is 0.469. The molecule has 1 aliphatic heterocycles. The van der Waals surface area contributed by atoms with Crippen molar-refractivity contribution in [1.29, 1.82) is 0 Å². The Morgan fingerprint density at radius 2 is 1.88 bits per heavy atom. The number of piperidine rings is 1. The molecule has 0 unspecified atom stereocenters. The van der Waals surface area contributed by atoms with Crippen molar-refractivity contribution in [2.24, 2.45) is 5.92 Å². The zero-order valence-electron chi connectivity index (χ0n) is 18.0. The average molecular weight is 484 g/mol. The number of halogens is 1. The number of pyridine rings is 1. The number of carbonyl (C=O) groups excluding carboxylic acids is 2. The van der Waals surface area contributed by atoms with Crippen LogP contribution in [0.15, 0.2) is 48.8 Å². The summed E-state index contributed by atoms with van der Waals surface area (Å²) < 4.78 is 5.14. The molecule has 2 aromatic heterocycles. The van der Waals surface area contributed by atoms with Gasteiger partial charge in [-0.1, -0.05) is 11.6 Å². The predicted octanol–water partition coefficient (Wildman–Crippen LogP) is 3.08. The van der Waals surface area contributed by atoms with Crippen molar-refractivity contribution >= 4 is 35.1 Å². The van der Waals surface area contributed by atoms with E-state index in [0.717, 1.165) is 11.3 Å². The fraction of sp³-hybridized carbons (Fsp3) is 0.261. The second-order valence-corrected chi connectivity index (χ2v) is 8.19. The molecule has 0 radical (unpaired) electrons. The number of H-pyrrole nitrogens is 1. The van der Waals surface area contributed by atoms with Crippen LogP contribution < -0.4 is 10.1 Å². The molecule has 3 aromatic rings. The van der Waals surface area contributed by atoms with E-state index in [0.29, 0.717) is 37.3 Å². The molecule has 0 saturated carbocycles. The number of hydrogen-bond acceptors (Lipinski definition) is 6. The van der Waals surface area contributed by atoms with E-state index in [2.05, 4.69) is 20.5 Å². The number of amides is 2. The maximum Gasteiger partial charge on any atom is 0.341 e. The SMILES string of the molecule is O=C(O)COc1cc(NC(=O)C2CCN(C(=O)c3cc(-c4ccncc4)[nH]n3)CC2)ccc1Cl. The second kappa shape index (κ2) is 10.3. The lowest BCUT2D eigenvalue weighted by molar-refractivity contribution is -0.139. The maximum absolute atomic E-state index is 12.9. The molecular weight excluding hydrogens is 462 g/mol. The zero-order valence-corrected chi connectivity index (χ0v) is 18.8. The molecule has 11 heteroatoms. The summed E-state index contributed by atoms with van der Waals surface area (Å²) in [4.78, 5) is 42.0. The van der Waals surface area contributed by atoms with Gasteiger partial charge in [-0.3, -0.25) is 19.7 Å². The molecule has 0 spiro atoms. The summed E-state index contributed by atoms with van der Waals surface area (Å²) in [5.74, 6) is -1.59. The molecule has 10 nitrogen and oxygen atoms in total. The molecular formula is C23H22ClN5O5.